The van der Waals surface area contributed by atoms with E-state index in [0.717, 1.165) is 18.4 Å². The highest BCUT2D eigenvalue weighted by Gasteiger charge is 2.50. The predicted molar refractivity (Wildman–Crippen MR) is 74.1 cm³/mol. The summed E-state index contributed by atoms with van der Waals surface area (Å²) in [5.74, 6) is -1.46. The summed E-state index contributed by atoms with van der Waals surface area (Å²) in [6.45, 7) is 0. The highest BCUT2D eigenvalue weighted by molar-refractivity contribution is 5.80. The van der Waals surface area contributed by atoms with Crippen molar-refractivity contribution in [2.24, 2.45) is 5.92 Å². The third kappa shape index (κ3) is 2.64. The van der Waals surface area contributed by atoms with E-state index in [-0.39, 0.29) is 23.8 Å². The van der Waals surface area contributed by atoms with Crippen LogP contribution in [0.4, 0.5) is 4.39 Å². The van der Waals surface area contributed by atoms with E-state index in [9.17, 15) is 19.1 Å². The van der Waals surface area contributed by atoms with Gasteiger partial charge in [0.2, 0.25) is 5.91 Å². The van der Waals surface area contributed by atoms with Crippen LogP contribution < -0.4 is 0 Å². The Labute approximate surface area is 122 Å². The molecular formula is C16H18FNO3. The molecule has 4 nitrogen and oxygen atoms in total. The number of hydrogen-bond acceptors (Lipinski definition) is 2. The average Bonchev–Trinajstić information content (AvgIpc) is 3.04. The third-order valence-electron chi connectivity index (χ3n) is 4.68. The number of benzene rings is 1. The Balaban J connectivity index is 1.61. The molecule has 0 aromatic heterocycles. The quantitative estimate of drug-likeness (QED) is 0.925. The highest BCUT2D eigenvalue weighted by Crippen LogP contribution is 2.42. The lowest BCUT2D eigenvalue weighted by molar-refractivity contribution is -0.143. The number of fused-ring (bicyclic) bond motifs is 2. The van der Waals surface area contributed by atoms with Crippen LogP contribution in [-0.4, -0.2) is 34.0 Å². The van der Waals surface area contributed by atoms with Crippen molar-refractivity contribution in [3.05, 3.63) is 35.6 Å². The second-order valence-electron chi connectivity index (χ2n) is 5.91. The molecule has 3 unspecified atom stereocenters. The van der Waals surface area contributed by atoms with Crippen LogP contribution in [0.15, 0.2) is 24.3 Å². The van der Waals surface area contributed by atoms with Gasteiger partial charge in [0.1, 0.15) is 5.82 Å². The van der Waals surface area contributed by atoms with Crippen molar-refractivity contribution in [2.45, 2.75) is 44.2 Å². The van der Waals surface area contributed by atoms with Crippen LogP contribution in [0.25, 0.3) is 0 Å². The fourth-order valence-corrected chi connectivity index (χ4v) is 3.67. The number of hydrogen-bond donors (Lipinski definition) is 1. The zero-order chi connectivity index (χ0) is 15.0. The Morgan fingerprint density at radius 1 is 1.24 bits per heavy atom. The van der Waals surface area contributed by atoms with Gasteiger partial charge in [-0.3, -0.25) is 9.59 Å². The summed E-state index contributed by atoms with van der Waals surface area (Å²) in [6.07, 6.45) is 3.21. The van der Waals surface area contributed by atoms with Crippen molar-refractivity contribution >= 4 is 11.9 Å². The normalized spacial score (nSPS) is 27.1. The summed E-state index contributed by atoms with van der Waals surface area (Å²) < 4.78 is 12.8. The molecule has 1 aromatic carbocycles. The SMILES string of the molecule is O=C(O)C1CC2CCC1N2C(=O)CCc1ccc(F)cc1. The first kappa shape index (κ1) is 14.0. The summed E-state index contributed by atoms with van der Waals surface area (Å²) in [4.78, 5) is 25.4. The minimum atomic E-state index is -0.793. The Morgan fingerprint density at radius 3 is 2.57 bits per heavy atom. The van der Waals surface area contributed by atoms with Gasteiger partial charge in [0.25, 0.3) is 0 Å². The summed E-state index contributed by atoms with van der Waals surface area (Å²) in [7, 11) is 0. The third-order valence-corrected chi connectivity index (χ3v) is 4.68. The molecule has 2 fully saturated rings. The number of carbonyl (C=O) groups excluding carboxylic acids is 1. The maximum atomic E-state index is 12.8. The van der Waals surface area contributed by atoms with E-state index < -0.39 is 11.9 Å². The van der Waals surface area contributed by atoms with Gasteiger partial charge >= 0.3 is 5.97 Å². The molecule has 2 aliphatic rings. The smallest absolute Gasteiger partial charge is 0.308 e. The molecule has 1 N–H and O–H groups in total. The summed E-state index contributed by atoms with van der Waals surface area (Å²) in [5, 5.41) is 9.20. The number of carbonyl (C=O) groups is 2. The van der Waals surface area contributed by atoms with E-state index in [0.29, 0.717) is 19.3 Å². The molecule has 0 radical (unpaired) electrons. The molecule has 5 heteroatoms. The van der Waals surface area contributed by atoms with Crippen LogP contribution in [-0.2, 0) is 16.0 Å². The fraction of sp³-hybridized carbons (Fsp3) is 0.500. The summed E-state index contributed by atoms with van der Waals surface area (Å²) in [6, 6.07) is 6.10. The average molecular weight is 291 g/mol. The maximum Gasteiger partial charge on any atom is 0.308 e. The number of carboxylic acids is 1. The molecule has 2 bridgehead atoms. The number of rotatable bonds is 4. The van der Waals surface area contributed by atoms with Gasteiger partial charge in [-0.2, -0.15) is 0 Å². The Kier molecular flexibility index (Phi) is 3.66. The van der Waals surface area contributed by atoms with Crippen molar-refractivity contribution < 1.29 is 19.1 Å². The molecular weight excluding hydrogens is 273 g/mol. The van der Waals surface area contributed by atoms with Crippen molar-refractivity contribution in [1.82, 2.24) is 4.90 Å². The summed E-state index contributed by atoms with van der Waals surface area (Å²) >= 11 is 0. The lowest BCUT2D eigenvalue weighted by Gasteiger charge is -2.23. The van der Waals surface area contributed by atoms with Gasteiger partial charge < -0.3 is 10.0 Å². The van der Waals surface area contributed by atoms with E-state index >= 15 is 0 Å². The molecule has 3 rings (SSSR count). The van der Waals surface area contributed by atoms with Gasteiger partial charge in [-0.05, 0) is 43.4 Å². The van der Waals surface area contributed by atoms with E-state index in [2.05, 4.69) is 0 Å². The van der Waals surface area contributed by atoms with Crippen LogP contribution >= 0.6 is 0 Å². The number of carboxylic acid groups (broad SMARTS) is 1. The van der Waals surface area contributed by atoms with E-state index in [1.807, 2.05) is 0 Å². The van der Waals surface area contributed by atoms with Gasteiger partial charge in [0.15, 0.2) is 0 Å². The first-order valence-corrected chi connectivity index (χ1v) is 7.34. The van der Waals surface area contributed by atoms with Crippen LogP contribution in [0, 0.1) is 11.7 Å². The largest absolute Gasteiger partial charge is 0.481 e. The number of nitrogens with zero attached hydrogens (tertiary/aromatic N) is 1. The van der Waals surface area contributed by atoms with E-state index in [4.69, 9.17) is 0 Å². The lowest BCUT2D eigenvalue weighted by Crippen LogP contribution is -2.37. The first-order chi connectivity index (χ1) is 10.1. The second-order valence-corrected chi connectivity index (χ2v) is 5.91. The maximum absolute atomic E-state index is 12.8. The van der Waals surface area contributed by atoms with Gasteiger partial charge in [0, 0.05) is 18.5 Å². The molecule has 0 spiro atoms. The molecule has 1 amide bonds. The Bertz CT molecular complexity index is 557. The molecule has 2 aliphatic heterocycles. The molecule has 0 aliphatic carbocycles. The van der Waals surface area contributed by atoms with Crippen molar-refractivity contribution in [3.63, 3.8) is 0 Å². The monoisotopic (exact) mass is 291 g/mol. The molecule has 21 heavy (non-hydrogen) atoms. The van der Waals surface area contributed by atoms with Crippen molar-refractivity contribution in [2.75, 3.05) is 0 Å². The lowest BCUT2D eigenvalue weighted by atomic mass is 9.89. The van der Waals surface area contributed by atoms with Gasteiger partial charge in [0.05, 0.1) is 5.92 Å². The van der Waals surface area contributed by atoms with Gasteiger partial charge in [-0.15, -0.1) is 0 Å². The zero-order valence-corrected chi connectivity index (χ0v) is 11.7. The zero-order valence-electron chi connectivity index (χ0n) is 11.7. The number of aryl methyl sites for hydroxylation is 1. The minimum absolute atomic E-state index is 0.0237. The van der Waals surface area contributed by atoms with Crippen LogP contribution in [0.1, 0.15) is 31.2 Å². The van der Waals surface area contributed by atoms with Gasteiger partial charge in [-0.25, -0.2) is 4.39 Å². The topological polar surface area (TPSA) is 57.6 Å². The molecule has 112 valence electrons. The molecule has 1 aromatic rings. The molecule has 0 saturated carbocycles. The number of aliphatic carboxylic acids is 1. The van der Waals surface area contributed by atoms with Crippen LogP contribution in [0.5, 0.6) is 0 Å². The van der Waals surface area contributed by atoms with Crippen LogP contribution in [0.2, 0.25) is 0 Å². The first-order valence-electron chi connectivity index (χ1n) is 7.34. The Hall–Kier alpha value is -1.91. The summed E-state index contributed by atoms with van der Waals surface area (Å²) in [5.41, 5.74) is 0.922. The fourth-order valence-electron chi connectivity index (χ4n) is 3.67. The number of halogens is 1. The number of amides is 1. The standard InChI is InChI=1S/C16H18FNO3/c17-11-4-1-10(2-5-11)3-8-15(19)18-12-6-7-14(18)13(9-12)16(20)21/h1-2,4-5,12-14H,3,6-9H2,(H,20,21). The molecule has 2 saturated heterocycles. The van der Waals surface area contributed by atoms with E-state index in [1.165, 1.54) is 12.1 Å². The molecule has 2 heterocycles. The molecule has 3 atom stereocenters. The Morgan fingerprint density at radius 2 is 1.95 bits per heavy atom. The highest BCUT2D eigenvalue weighted by atomic mass is 19.1. The second kappa shape index (κ2) is 5.47. The van der Waals surface area contributed by atoms with Crippen molar-refractivity contribution in [1.29, 1.82) is 0 Å². The van der Waals surface area contributed by atoms with Gasteiger partial charge in [-0.1, -0.05) is 12.1 Å². The predicted octanol–water partition coefficient (Wildman–Crippen LogP) is 2.22. The van der Waals surface area contributed by atoms with Crippen LogP contribution in [0.3, 0.4) is 0 Å². The van der Waals surface area contributed by atoms with Crippen molar-refractivity contribution in [3.8, 4) is 0 Å². The minimum Gasteiger partial charge on any atom is -0.481 e. The van der Waals surface area contributed by atoms with E-state index in [1.54, 1.807) is 17.0 Å².